The first-order valence-electron chi connectivity index (χ1n) is 6.13. The van der Waals surface area contributed by atoms with Crippen molar-refractivity contribution in [3.05, 3.63) is 35.9 Å². The van der Waals surface area contributed by atoms with Crippen molar-refractivity contribution < 1.29 is 9.84 Å². The van der Waals surface area contributed by atoms with Gasteiger partial charge in [-0.15, -0.1) is 0 Å². The number of rotatable bonds is 3. The predicted molar refractivity (Wildman–Crippen MR) is 64.2 cm³/mol. The summed E-state index contributed by atoms with van der Waals surface area (Å²) in [4.78, 5) is 0. The van der Waals surface area contributed by atoms with E-state index in [4.69, 9.17) is 4.74 Å². The van der Waals surface area contributed by atoms with Crippen molar-refractivity contribution in [2.24, 2.45) is 5.92 Å². The van der Waals surface area contributed by atoms with Crippen LogP contribution in [0.2, 0.25) is 0 Å². The monoisotopic (exact) mass is 220 g/mol. The molecule has 2 heteroatoms. The molecule has 16 heavy (non-hydrogen) atoms. The van der Waals surface area contributed by atoms with E-state index in [1.807, 2.05) is 37.3 Å². The molecule has 0 aromatic heterocycles. The Kier molecular flexibility index (Phi) is 3.62. The number of aliphatic hydroxyl groups is 1. The second-order valence-electron chi connectivity index (χ2n) is 4.56. The quantitative estimate of drug-likeness (QED) is 0.848. The van der Waals surface area contributed by atoms with Crippen LogP contribution in [0.15, 0.2) is 30.3 Å². The van der Waals surface area contributed by atoms with Gasteiger partial charge >= 0.3 is 0 Å². The van der Waals surface area contributed by atoms with Gasteiger partial charge in [-0.2, -0.15) is 0 Å². The lowest BCUT2D eigenvalue weighted by Crippen LogP contribution is -2.39. The molecule has 1 saturated heterocycles. The molecule has 1 aliphatic rings. The molecule has 1 aromatic rings. The predicted octanol–water partition coefficient (Wildman–Crippen LogP) is 2.71. The molecule has 2 atom stereocenters. The van der Waals surface area contributed by atoms with E-state index in [0.717, 1.165) is 31.4 Å². The zero-order valence-electron chi connectivity index (χ0n) is 9.86. The Morgan fingerprint density at radius 2 is 2.12 bits per heavy atom. The minimum atomic E-state index is -0.721. The fraction of sp³-hybridized carbons (Fsp3) is 0.571. The van der Waals surface area contributed by atoms with Crippen LogP contribution in [-0.2, 0) is 10.3 Å². The topological polar surface area (TPSA) is 29.5 Å². The Morgan fingerprint density at radius 1 is 1.38 bits per heavy atom. The van der Waals surface area contributed by atoms with Crippen molar-refractivity contribution >= 4 is 0 Å². The first-order valence-corrected chi connectivity index (χ1v) is 6.13. The number of hydrogen-bond donors (Lipinski definition) is 1. The number of ether oxygens (including phenoxy) is 1. The Labute approximate surface area is 97.3 Å². The lowest BCUT2D eigenvalue weighted by molar-refractivity contribution is -0.0864. The minimum Gasteiger partial charge on any atom is -0.385 e. The molecule has 1 N–H and O–H groups in total. The van der Waals surface area contributed by atoms with E-state index in [-0.39, 0.29) is 5.92 Å². The van der Waals surface area contributed by atoms with Gasteiger partial charge in [0.2, 0.25) is 0 Å². The number of benzene rings is 1. The maximum absolute atomic E-state index is 10.8. The molecule has 1 aliphatic heterocycles. The Morgan fingerprint density at radius 3 is 2.69 bits per heavy atom. The third-order valence-corrected chi connectivity index (χ3v) is 3.65. The van der Waals surface area contributed by atoms with Crippen molar-refractivity contribution in [2.45, 2.75) is 31.8 Å². The molecule has 0 amide bonds. The Balaban J connectivity index is 2.24. The maximum Gasteiger partial charge on any atom is 0.0943 e. The van der Waals surface area contributed by atoms with E-state index in [9.17, 15) is 5.11 Å². The van der Waals surface area contributed by atoms with Crippen LogP contribution < -0.4 is 0 Å². The van der Waals surface area contributed by atoms with Crippen LogP contribution in [0, 0.1) is 5.92 Å². The summed E-state index contributed by atoms with van der Waals surface area (Å²) in [5, 5.41) is 10.8. The highest BCUT2D eigenvalue weighted by Crippen LogP contribution is 2.37. The summed E-state index contributed by atoms with van der Waals surface area (Å²) in [5.41, 5.74) is 0.301. The van der Waals surface area contributed by atoms with Crippen molar-refractivity contribution in [1.82, 2.24) is 0 Å². The van der Waals surface area contributed by atoms with Gasteiger partial charge in [-0.05, 0) is 24.8 Å². The third kappa shape index (κ3) is 2.13. The molecule has 0 aliphatic carbocycles. The van der Waals surface area contributed by atoms with E-state index in [2.05, 4.69) is 0 Å². The van der Waals surface area contributed by atoms with Crippen molar-refractivity contribution in [2.75, 3.05) is 13.2 Å². The van der Waals surface area contributed by atoms with E-state index in [0.29, 0.717) is 6.61 Å². The van der Waals surface area contributed by atoms with Gasteiger partial charge in [0.05, 0.1) is 12.2 Å². The van der Waals surface area contributed by atoms with Gasteiger partial charge in [-0.25, -0.2) is 0 Å². The van der Waals surface area contributed by atoms with Crippen molar-refractivity contribution in [1.29, 1.82) is 0 Å². The molecule has 0 spiro atoms. The van der Waals surface area contributed by atoms with E-state index in [1.165, 1.54) is 0 Å². The average molecular weight is 220 g/mol. The molecule has 2 rings (SSSR count). The lowest BCUT2D eigenvalue weighted by Gasteiger charge is -2.38. The summed E-state index contributed by atoms with van der Waals surface area (Å²) in [5.74, 6) is 0.230. The molecular formula is C14H20O2. The van der Waals surface area contributed by atoms with E-state index < -0.39 is 5.60 Å². The second-order valence-corrected chi connectivity index (χ2v) is 4.56. The van der Waals surface area contributed by atoms with Gasteiger partial charge in [0.1, 0.15) is 0 Å². The summed E-state index contributed by atoms with van der Waals surface area (Å²) in [6.45, 7) is 3.56. The first-order chi connectivity index (χ1) is 7.77. The molecule has 0 bridgehead atoms. The van der Waals surface area contributed by atoms with Crippen LogP contribution in [0.5, 0.6) is 0 Å². The lowest BCUT2D eigenvalue weighted by atomic mass is 9.77. The smallest absolute Gasteiger partial charge is 0.0943 e. The van der Waals surface area contributed by atoms with Gasteiger partial charge in [0, 0.05) is 12.5 Å². The normalized spacial score (nSPS) is 25.0. The third-order valence-electron chi connectivity index (χ3n) is 3.65. The standard InChI is InChI=1S/C14H20O2/c1-2-14(15,12-7-4-3-5-8-12)13-9-6-10-16-11-13/h3-5,7-8,13,15H,2,6,9-11H2,1H3. The molecule has 88 valence electrons. The summed E-state index contributed by atoms with van der Waals surface area (Å²) >= 11 is 0. The van der Waals surface area contributed by atoms with Crippen LogP contribution >= 0.6 is 0 Å². The molecule has 2 nitrogen and oxygen atoms in total. The molecule has 1 fully saturated rings. The molecular weight excluding hydrogens is 200 g/mol. The molecule has 0 radical (unpaired) electrons. The van der Waals surface area contributed by atoms with Crippen molar-refractivity contribution in [3.63, 3.8) is 0 Å². The zero-order chi connectivity index (χ0) is 11.4. The molecule has 2 unspecified atom stereocenters. The maximum atomic E-state index is 10.8. The van der Waals surface area contributed by atoms with E-state index in [1.54, 1.807) is 0 Å². The Hall–Kier alpha value is -0.860. The first kappa shape index (κ1) is 11.6. The van der Waals surface area contributed by atoms with Gasteiger partial charge in [0.25, 0.3) is 0 Å². The molecule has 0 saturated carbocycles. The highest BCUT2D eigenvalue weighted by molar-refractivity contribution is 5.23. The second kappa shape index (κ2) is 4.98. The summed E-state index contributed by atoms with van der Waals surface area (Å²) in [6, 6.07) is 9.98. The fourth-order valence-electron chi connectivity index (χ4n) is 2.57. The van der Waals surface area contributed by atoms with Crippen LogP contribution in [0.4, 0.5) is 0 Å². The van der Waals surface area contributed by atoms with Gasteiger partial charge in [0.15, 0.2) is 0 Å². The molecule has 1 heterocycles. The highest BCUT2D eigenvalue weighted by atomic mass is 16.5. The SMILES string of the molecule is CCC(O)(c1ccccc1)C1CCCOC1. The van der Waals surface area contributed by atoms with E-state index >= 15 is 0 Å². The van der Waals surface area contributed by atoms with Crippen LogP contribution in [0.25, 0.3) is 0 Å². The summed E-state index contributed by atoms with van der Waals surface area (Å²) < 4.78 is 5.49. The van der Waals surface area contributed by atoms with Crippen LogP contribution in [-0.4, -0.2) is 18.3 Å². The summed E-state index contributed by atoms with van der Waals surface area (Å²) in [6.07, 6.45) is 2.85. The minimum absolute atomic E-state index is 0.230. The fourth-order valence-corrected chi connectivity index (χ4v) is 2.57. The van der Waals surface area contributed by atoms with Gasteiger partial charge < -0.3 is 9.84 Å². The van der Waals surface area contributed by atoms with Gasteiger partial charge in [-0.1, -0.05) is 37.3 Å². The number of hydrogen-bond acceptors (Lipinski definition) is 2. The average Bonchev–Trinajstić information content (AvgIpc) is 2.40. The van der Waals surface area contributed by atoms with Crippen LogP contribution in [0.3, 0.4) is 0 Å². The summed E-state index contributed by atoms with van der Waals surface area (Å²) in [7, 11) is 0. The van der Waals surface area contributed by atoms with Crippen molar-refractivity contribution in [3.8, 4) is 0 Å². The molecule has 1 aromatic carbocycles. The van der Waals surface area contributed by atoms with Gasteiger partial charge in [-0.3, -0.25) is 0 Å². The zero-order valence-corrected chi connectivity index (χ0v) is 9.86. The van der Waals surface area contributed by atoms with Crippen LogP contribution in [0.1, 0.15) is 31.7 Å². The highest BCUT2D eigenvalue weighted by Gasteiger charge is 2.37. The largest absolute Gasteiger partial charge is 0.385 e. The Bertz CT molecular complexity index is 317.